The fourth-order valence-corrected chi connectivity index (χ4v) is 2.72. The smallest absolute Gasteiger partial charge is 0.412 e. The molecule has 0 bridgehead atoms. The first-order chi connectivity index (χ1) is 13.6. The molecule has 0 saturated carbocycles. The fourth-order valence-electron chi connectivity index (χ4n) is 2.72. The number of ether oxygens (including phenoxy) is 1. The van der Waals surface area contributed by atoms with Crippen molar-refractivity contribution in [2.24, 2.45) is 0 Å². The van der Waals surface area contributed by atoms with E-state index in [4.69, 9.17) is 9.57 Å². The predicted octanol–water partition coefficient (Wildman–Crippen LogP) is 3.71. The molecule has 1 N–H and O–H groups in total. The summed E-state index contributed by atoms with van der Waals surface area (Å²) < 4.78 is 5.18. The van der Waals surface area contributed by atoms with Crippen LogP contribution >= 0.6 is 0 Å². The van der Waals surface area contributed by atoms with Crippen LogP contribution in [0.3, 0.4) is 0 Å². The van der Waals surface area contributed by atoms with Gasteiger partial charge in [0.15, 0.2) is 0 Å². The maximum atomic E-state index is 12.6. The summed E-state index contributed by atoms with van der Waals surface area (Å²) in [6, 6.07) is 10.8. The number of hydrogen-bond acceptors (Lipinski definition) is 6. The maximum Gasteiger partial charge on any atom is 0.412 e. The number of anilines is 1. The Balaban J connectivity index is 1.77. The quantitative estimate of drug-likeness (QED) is 0.794. The van der Waals surface area contributed by atoms with E-state index in [1.54, 1.807) is 52.0 Å². The zero-order chi connectivity index (χ0) is 21.3. The topological polar surface area (TPSA) is 102 Å². The van der Waals surface area contributed by atoms with Gasteiger partial charge in [0.1, 0.15) is 5.60 Å². The molecule has 3 amide bonds. The van der Waals surface area contributed by atoms with Crippen LogP contribution in [0.2, 0.25) is 0 Å². The Morgan fingerprint density at radius 1 is 0.966 bits per heavy atom. The lowest BCUT2D eigenvalue weighted by Gasteiger charge is -2.20. The third-order valence-corrected chi connectivity index (χ3v) is 4.03. The Morgan fingerprint density at radius 3 is 2.10 bits per heavy atom. The number of imide groups is 1. The van der Waals surface area contributed by atoms with E-state index in [0.29, 0.717) is 16.3 Å². The van der Waals surface area contributed by atoms with Crippen molar-refractivity contribution in [2.75, 3.05) is 5.32 Å². The number of aryl methyl sites for hydroxylation is 1. The Hall–Kier alpha value is -3.68. The van der Waals surface area contributed by atoms with Crippen molar-refractivity contribution in [1.29, 1.82) is 0 Å². The van der Waals surface area contributed by atoms with Crippen molar-refractivity contribution in [3.8, 4) is 0 Å². The van der Waals surface area contributed by atoms with Gasteiger partial charge in [0.25, 0.3) is 11.8 Å². The number of amides is 3. The summed E-state index contributed by atoms with van der Waals surface area (Å²) in [7, 11) is 0. The van der Waals surface area contributed by atoms with Crippen LogP contribution in [0.5, 0.6) is 0 Å². The van der Waals surface area contributed by atoms with Crippen LogP contribution in [0.15, 0.2) is 42.5 Å². The number of fused-ring (bicyclic) bond motifs is 1. The van der Waals surface area contributed by atoms with Crippen molar-refractivity contribution in [3.63, 3.8) is 0 Å². The first-order valence-corrected chi connectivity index (χ1v) is 8.87. The number of carbonyl (C=O) groups excluding carboxylic acids is 4. The Morgan fingerprint density at radius 2 is 1.55 bits per heavy atom. The third kappa shape index (κ3) is 4.26. The molecular formula is C21H20N2O6. The molecule has 0 radical (unpaired) electrons. The van der Waals surface area contributed by atoms with Crippen molar-refractivity contribution < 1.29 is 28.8 Å². The molecule has 3 rings (SSSR count). The first-order valence-electron chi connectivity index (χ1n) is 8.87. The van der Waals surface area contributed by atoms with Crippen molar-refractivity contribution >= 4 is 29.6 Å². The molecule has 0 aromatic heterocycles. The Bertz CT molecular complexity index is 987. The number of benzene rings is 2. The minimum absolute atomic E-state index is 0.0927. The van der Waals surface area contributed by atoms with Gasteiger partial charge in [-0.25, -0.2) is 9.59 Å². The molecule has 0 aliphatic carbocycles. The van der Waals surface area contributed by atoms with Gasteiger partial charge in [-0.05, 0) is 57.5 Å². The first kappa shape index (κ1) is 20.1. The summed E-state index contributed by atoms with van der Waals surface area (Å²) in [6.07, 6.45) is -0.680. The highest BCUT2D eigenvalue weighted by atomic mass is 16.7. The third-order valence-electron chi connectivity index (χ3n) is 4.03. The maximum absolute atomic E-state index is 12.6. The minimum atomic E-state index is -0.898. The number of nitrogens with zero attached hydrogens (tertiary/aromatic N) is 1. The highest BCUT2D eigenvalue weighted by molar-refractivity contribution is 6.21. The van der Waals surface area contributed by atoms with Gasteiger partial charge in [0.05, 0.1) is 16.7 Å². The average molecular weight is 396 g/mol. The van der Waals surface area contributed by atoms with Gasteiger partial charge in [-0.15, -0.1) is 0 Å². The van der Waals surface area contributed by atoms with Crippen LogP contribution in [-0.4, -0.2) is 34.5 Å². The summed E-state index contributed by atoms with van der Waals surface area (Å²) >= 11 is 0. The van der Waals surface area contributed by atoms with Gasteiger partial charge in [0.2, 0.25) is 0 Å². The highest BCUT2D eigenvalue weighted by Crippen LogP contribution is 2.24. The molecule has 8 heteroatoms. The number of nitrogens with one attached hydrogen (secondary N) is 1. The number of hydroxylamine groups is 2. The molecule has 1 aliphatic heterocycles. The predicted molar refractivity (Wildman–Crippen MR) is 103 cm³/mol. The molecule has 0 saturated heterocycles. The highest BCUT2D eigenvalue weighted by Gasteiger charge is 2.39. The van der Waals surface area contributed by atoms with Crippen LogP contribution < -0.4 is 5.32 Å². The van der Waals surface area contributed by atoms with Gasteiger partial charge in [-0.3, -0.25) is 14.9 Å². The van der Waals surface area contributed by atoms with Crippen molar-refractivity contribution in [2.45, 2.75) is 33.3 Å². The molecule has 29 heavy (non-hydrogen) atoms. The normalized spacial score (nSPS) is 13.2. The summed E-state index contributed by atoms with van der Waals surface area (Å²) in [4.78, 5) is 54.3. The lowest BCUT2D eigenvalue weighted by Crippen LogP contribution is -2.33. The zero-order valence-electron chi connectivity index (χ0n) is 16.4. The van der Waals surface area contributed by atoms with Crippen LogP contribution in [0.1, 0.15) is 57.4 Å². The van der Waals surface area contributed by atoms with Gasteiger partial charge >= 0.3 is 12.1 Å². The number of hydrogen-bond donors (Lipinski definition) is 1. The molecule has 2 aromatic rings. The second-order valence-corrected chi connectivity index (χ2v) is 7.49. The zero-order valence-corrected chi connectivity index (χ0v) is 16.4. The lowest BCUT2D eigenvalue weighted by molar-refractivity contribution is -0.0585. The minimum Gasteiger partial charge on any atom is -0.444 e. The molecule has 0 fully saturated rings. The molecule has 0 atom stereocenters. The number of carbonyl (C=O) groups is 4. The van der Waals surface area contributed by atoms with Gasteiger partial charge < -0.3 is 9.57 Å². The van der Waals surface area contributed by atoms with Crippen LogP contribution in [0.4, 0.5) is 10.5 Å². The molecule has 1 aliphatic rings. The van der Waals surface area contributed by atoms with E-state index in [0.717, 1.165) is 0 Å². The second kappa shape index (κ2) is 7.38. The SMILES string of the molecule is Cc1ccc(NC(=O)OC(C)(C)C)cc1C(=O)ON1C(=O)c2ccccc2C1=O. The molecular weight excluding hydrogens is 376 g/mol. The molecule has 0 spiro atoms. The second-order valence-electron chi connectivity index (χ2n) is 7.49. The molecule has 8 nitrogen and oxygen atoms in total. The summed E-state index contributed by atoms with van der Waals surface area (Å²) in [5.74, 6) is -2.32. The molecule has 1 heterocycles. The molecule has 2 aromatic carbocycles. The van der Waals surface area contributed by atoms with Crippen LogP contribution in [0, 0.1) is 6.92 Å². The van der Waals surface area contributed by atoms with Gasteiger partial charge in [-0.2, -0.15) is 0 Å². The fraction of sp³-hybridized carbons (Fsp3) is 0.238. The van der Waals surface area contributed by atoms with E-state index in [1.165, 1.54) is 18.2 Å². The molecule has 0 unspecified atom stereocenters. The van der Waals surface area contributed by atoms with Crippen LogP contribution in [-0.2, 0) is 9.57 Å². The summed E-state index contributed by atoms with van der Waals surface area (Å²) in [5, 5.41) is 2.97. The van der Waals surface area contributed by atoms with Crippen molar-refractivity contribution in [3.05, 3.63) is 64.7 Å². The van der Waals surface area contributed by atoms with E-state index in [2.05, 4.69) is 5.32 Å². The standard InChI is InChI=1S/C21H20N2O6/c1-12-9-10-13(22-20(27)28-21(2,3)4)11-16(12)19(26)29-23-17(24)14-7-5-6-8-15(14)18(23)25/h5-11H,1-4H3,(H,22,27). The van der Waals surface area contributed by atoms with Gasteiger partial charge in [-0.1, -0.05) is 23.3 Å². The Kier molecular flexibility index (Phi) is 5.11. The van der Waals surface area contributed by atoms with Gasteiger partial charge in [0, 0.05) is 5.69 Å². The largest absolute Gasteiger partial charge is 0.444 e. The van der Waals surface area contributed by atoms with E-state index in [-0.39, 0.29) is 16.7 Å². The molecule has 150 valence electrons. The Labute approximate surface area is 167 Å². The van der Waals surface area contributed by atoms with E-state index >= 15 is 0 Å². The van der Waals surface area contributed by atoms with Crippen LogP contribution in [0.25, 0.3) is 0 Å². The van der Waals surface area contributed by atoms with E-state index < -0.39 is 29.5 Å². The summed E-state index contributed by atoms with van der Waals surface area (Å²) in [5.41, 5.74) is 0.600. The summed E-state index contributed by atoms with van der Waals surface area (Å²) in [6.45, 7) is 6.85. The number of rotatable bonds is 3. The lowest BCUT2D eigenvalue weighted by atomic mass is 10.1. The monoisotopic (exact) mass is 396 g/mol. The van der Waals surface area contributed by atoms with E-state index in [9.17, 15) is 19.2 Å². The van der Waals surface area contributed by atoms with Crippen molar-refractivity contribution in [1.82, 2.24) is 5.06 Å². The van der Waals surface area contributed by atoms with E-state index in [1.807, 2.05) is 0 Å². The average Bonchev–Trinajstić information content (AvgIpc) is 2.87.